The van der Waals surface area contributed by atoms with E-state index in [2.05, 4.69) is 10.2 Å². The third-order valence-corrected chi connectivity index (χ3v) is 5.92. The third kappa shape index (κ3) is 4.55. The molecule has 0 fully saturated rings. The summed E-state index contributed by atoms with van der Waals surface area (Å²) in [5.74, 6) is 1.71. The fourth-order valence-electron chi connectivity index (χ4n) is 3.35. The molecule has 2 heterocycles. The predicted octanol–water partition coefficient (Wildman–Crippen LogP) is 5.14. The number of para-hydroxylation sites is 2. The summed E-state index contributed by atoms with van der Waals surface area (Å²) in [6.45, 7) is 4.32. The SMILES string of the molecule is COC(=O)c1occc1CSc1nnc(COc2c(C)cccc2C)n1-c1ccccc1. The van der Waals surface area contributed by atoms with Crippen LogP contribution in [0.5, 0.6) is 5.75 Å². The van der Waals surface area contributed by atoms with Gasteiger partial charge in [-0.25, -0.2) is 4.79 Å². The first-order valence-corrected chi connectivity index (χ1v) is 11.0. The van der Waals surface area contributed by atoms with Crippen molar-refractivity contribution in [1.29, 1.82) is 0 Å². The van der Waals surface area contributed by atoms with Gasteiger partial charge in [-0.1, -0.05) is 48.2 Å². The Hall–Kier alpha value is -3.52. The van der Waals surface area contributed by atoms with E-state index in [0.29, 0.717) is 16.7 Å². The highest BCUT2D eigenvalue weighted by Gasteiger charge is 2.19. The number of hydrogen-bond acceptors (Lipinski definition) is 7. The number of hydrogen-bond donors (Lipinski definition) is 0. The highest BCUT2D eigenvalue weighted by Crippen LogP contribution is 2.29. The summed E-state index contributed by atoms with van der Waals surface area (Å²) in [6, 6.07) is 17.7. The van der Waals surface area contributed by atoms with Crippen LogP contribution in [-0.4, -0.2) is 27.8 Å². The number of methoxy groups -OCH3 is 1. The number of rotatable bonds is 8. The van der Waals surface area contributed by atoms with Gasteiger partial charge in [0, 0.05) is 17.0 Å². The molecule has 0 amide bonds. The molecule has 0 saturated heterocycles. The molecule has 2 aromatic carbocycles. The largest absolute Gasteiger partial charge is 0.485 e. The van der Waals surface area contributed by atoms with Crippen molar-refractivity contribution >= 4 is 17.7 Å². The Morgan fingerprint density at radius 1 is 1.03 bits per heavy atom. The number of thioether (sulfide) groups is 1. The Labute approximate surface area is 190 Å². The van der Waals surface area contributed by atoms with Crippen molar-refractivity contribution in [2.75, 3.05) is 7.11 Å². The molecule has 0 unspecified atom stereocenters. The molecule has 2 aromatic heterocycles. The summed E-state index contributed by atoms with van der Waals surface area (Å²) >= 11 is 1.46. The highest BCUT2D eigenvalue weighted by molar-refractivity contribution is 7.98. The van der Waals surface area contributed by atoms with Crippen molar-refractivity contribution < 1.29 is 18.7 Å². The topological polar surface area (TPSA) is 79.4 Å². The van der Waals surface area contributed by atoms with Crippen LogP contribution in [0.25, 0.3) is 5.69 Å². The Kier molecular flexibility index (Phi) is 6.61. The molecular weight excluding hydrogens is 426 g/mol. The summed E-state index contributed by atoms with van der Waals surface area (Å²) in [5, 5.41) is 9.47. The molecule has 164 valence electrons. The molecule has 0 N–H and O–H groups in total. The van der Waals surface area contributed by atoms with Gasteiger partial charge in [-0.2, -0.15) is 0 Å². The molecule has 4 aromatic rings. The Morgan fingerprint density at radius 2 is 1.78 bits per heavy atom. The lowest BCUT2D eigenvalue weighted by Crippen LogP contribution is -2.08. The van der Waals surface area contributed by atoms with Crippen LogP contribution in [0.4, 0.5) is 0 Å². The lowest BCUT2D eigenvalue weighted by Gasteiger charge is -2.13. The van der Waals surface area contributed by atoms with Crippen molar-refractivity contribution in [3.05, 3.63) is 89.1 Å². The van der Waals surface area contributed by atoms with Gasteiger partial charge in [0.1, 0.15) is 12.4 Å². The standard InChI is InChI=1S/C24H23N3O4S/c1-16-8-7-9-17(2)21(16)31-14-20-25-26-24(27(20)19-10-5-4-6-11-19)32-15-18-12-13-30-22(18)23(28)29-3/h4-13H,14-15H2,1-3H3. The van der Waals surface area contributed by atoms with E-state index in [1.807, 2.05) is 66.9 Å². The van der Waals surface area contributed by atoms with E-state index in [0.717, 1.165) is 28.1 Å². The Morgan fingerprint density at radius 3 is 2.50 bits per heavy atom. The zero-order chi connectivity index (χ0) is 22.5. The van der Waals surface area contributed by atoms with Gasteiger partial charge in [-0.15, -0.1) is 10.2 Å². The van der Waals surface area contributed by atoms with Gasteiger partial charge in [-0.3, -0.25) is 4.57 Å². The second-order valence-corrected chi connectivity index (χ2v) is 8.08. The first-order chi connectivity index (χ1) is 15.6. The second kappa shape index (κ2) is 9.74. The third-order valence-electron chi connectivity index (χ3n) is 4.94. The average molecular weight is 450 g/mol. The molecule has 0 radical (unpaired) electrons. The lowest BCUT2D eigenvalue weighted by molar-refractivity contribution is 0.0564. The Balaban J connectivity index is 1.60. The molecule has 0 atom stereocenters. The van der Waals surface area contributed by atoms with Gasteiger partial charge in [0.25, 0.3) is 0 Å². The van der Waals surface area contributed by atoms with Crippen molar-refractivity contribution in [2.45, 2.75) is 31.4 Å². The first kappa shape index (κ1) is 21.7. The molecule has 0 saturated carbocycles. The molecule has 0 aliphatic heterocycles. The quantitative estimate of drug-likeness (QED) is 0.272. The van der Waals surface area contributed by atoms with Gasteiger partial charge < -0.3 is 13.9 Å². The van der Waals surface area contributed by atoms with Crippen molar-refractivity contribution in [1.82, 2.24) is 14.8 Å². The van der Waals surface area contributed by atoms with Crippen molar-refractivity contribution in [3.8, 4) is 11.4 Å². The summed E-state index contributed by atoms with van der Waals surface area (Å²) in [6.07, 6.45) is 1.48. The maximum atomic E-state index is 11.9. The average Bonchev–Trinajstić information content (AvgIpc) is 3.44. The maximum Gasteiger partial charge on any atom is 0.374 e. The lowest BCUT2D eigenvalue weighted by atomic mass is 10.1. The number of nitrogens with zero attached hydrogens (tertiary/aromatic N) is 3. The van der Waals surface area contributed by atoms with E-state index >= 15 is 0 Å². The summed E-state index contributed by atoms with van der Waals surface area (Å²) in [4.78, 5) is 11.9. The van der Waals surface area contributed by atoms with Crippen LogP contribution in [0, 0.1) is 13.8 Å². The van der Waals surface area contributed by atoms with Gasteiger partial charge in [0.15, 0.2) is 11.0 Å². The normalized spacial score (nSPS) is 10.8. The number of ether oxygens (including phenoxy) is 2. The van der Waals surface area contributed by atoms with Crippen LogP contribution >= 0.6 is 11.8 Å². The van der Waals surface area contributed by atoms with E-state index in [1.165, 1.54) is 25.1 Å². The minimum Gasteiger partial charge on any atom is -0.485 e. The fraction of sp³-hybridized carbons (Fsp3) is 0.208. The smallest absolute Gasteiger partial charge is 0.374 e. The first-order valence-electron chi connectivity index (χ1n) is 10.0. The van der Waals surface area contributed by atoms with Gasteiger partial charge in [0.2, 0.25) is 5.76 Å². The number of benzene rings is 2. The number of carbonyl (C=O) groups excluding carboxylic acids is 1. The van der Waals surface area contributed by atoms with Crippen LogP contribution in [0.3, 0.4) is 0 Å². The number of carbonyl (C=O) groups is 1. The minimum absolute atomic E-state index is 0.198. The zero-order valence-corrected chi connectivity index (χ0v) is 18.9. The van der Waals surface area contributed by atoms with Crippen molar-refractivity contribution in [2.24, 2.45) is 0 Å². The van der Waals surface area contributed by atoms with Crippen LogP contribution in [0.1, 0.15) is 33.1 Å². The van der Waals surface area contributed by atoms with Crippen LogP contribution in [-0.2, 0) is 17.1 Å². The Bertz CT molecular complexity index is 1200. The van der Waals surface area contributed by atoms with E-state index < -0.39 is 5.97 Å². The summed E-state index contributed by atoms with van der Waals surface area (Å²) in [5.41, 5.74) is 3.81. The zero-order valence-electron chi connectivity index (χ0n) is 18.1. The number of furan rings is 1. The molecule has 32 heavy (non-hydrogen) atoms. The second-order valence-electron chi connectivity index (χ2n) is 7.13. The number of aromatic nitrogens is 3. The van der Waals surface area contributed by atoms with Crippen LogP contribution in [0.2, 0.25) is 0 Å². The molecular formula is C24H23N3O4S. The van der Waals surface area contributed by atoms with E-state index in [9.17, 15) is 4.79 Å². The van der Waals surface area contributed by atoms with E-state index in [4.69, 9.17) is 13.9 Å². The summed E-state index contributed by atoms with van der Waals surface area (Å²) < 4.78 is 18.2. The summed E-state index contributed by atoms with van der Waals surface area (Å²) in [7, 11) is 1.33. The number of esters is 1. The van der Waals surface area contributed by atoms with Gasteiger partial charge >= 0.3 is 5.97 Å². The minimum atomic E-state index is -0.502. The fourth-order valence-corrected chi connectivity index (χ4v) is 4.30. The highest BCUT2D eigenvalue weighted by atomic mass is 32.2. The number of aryl methyl sites for hydroxylation is 2. The molecule has 0 bridgehead atoms. The molecule has 7 nitrogen and oxygen atoms in total. The van der Waals surface area contributed by atoms with Crippen molar-refractivity contribution in [3.63, 3.8) is 0 Å². The van der Waals surface area contributed by atoms with Gasteiger partial charge in [0.05, 0.1) is 13.4 Å². The maximum absolute atomic E-state index is 11.9. The van der Waals surface area contributed by atoms with E-state index in [1.54, 1.807) is 6.07 Å². The molecule has 0 spiro atoms. The molecule has 0 aliphatic rings. The molecule has 4 rings (SSSR count). The molecule has 8 heteroatoms. The van der Waals surface area contributed by atoms with E-state index in [-0.39, 0.29) is 12.4 Å². The predicted molar refractivity (Wildman–Crippen MR) is 121 cm³/mol. The molecule has 0 aliphatic carbocycles. The van der Waals surface area contributed by atoms with Crippen LogP contribution < -0.4 is 4.74 Å². The van der Waals surface area contributed by atoms with Gasteiger partial charge in [-0.05, 0) is 43.2 Å². The van der Waals surface area contributed by atoms with Crippen LogP contribution in [0.15, 0.2) is 70.4 Å². The monoisotopic (exact) mass is 449 g/mol.